The zero-order valence-electron chi connectivity index (χ0n) is 16.0. The van der Waals surface area contributed by atoms with Crippen LogP contribution in [-0.4, -0.2) is 41.5 Å². The van der Waals surface area contributed by atoms with Gasteiger partial charge in [0.15, 0.2) is 11.5 Å². The molecule has 2 aromatic carbocycles. The number of rotatable bonds is 5. The van der Waals surface area contributed by atoms with E-state index in [4.69, 9.17) is 9.47 Å². The maximum absolute atomic E-state index is 12.7. The smallest absolute Gasteiger partial charge is 0.231 e. The molecule has 0 aliphatic carbocycles. The van der Waals surface area contributed by atoms with Gasteiger partial charge in [-0.05, 0) is 35.2 Å². The standard InChI is InChI=1S/C22H24N2O4/c1-16(25)23(13-17-6-7-20-21(12-17)28-15-27-20)11-9-22(26)24-10-8-18-4-2-3-5-19(18)14-24/h2-7,12H,8-11,13-15H2,1H3. The minimum atomic E-state index is -0.0468. The third kappa shape index (κ3) is 3.96. The van der Waals surface area contributed by atoms with Crippen molar-refractivity contribution < 1.29 is 19.1 Å². The summed E-state index contributed by atoms with van der Waals surface area (Å²) in [6.07, 6.45) is 1.21. The molecule has 2 aliphatic heterocycles. The molecule has 2 aliphatic rings. The fourth-order valence-corrected chi connectivity index (χ4v) is 3.70. The van der Waals surface area contributed by atoms with Crippen molar-refractivity contribution in [2.45, 2.75) is 32.9 Å². The molecule has 0 bridgehead atoms. The van der Waals surface area contributed by atoms with Crippen LogP contribution < -0.4 is 9.47 Å². The van der Waals surface area contributed by atoms with Crippen molar-refractivity contribution in [1.29, 1.82) is 0 Å². The molecular formula is C22H24N2O4. The third-order valence-electron chi connectivity index (χ3n) is 5.33. The molecule has 0 atom stereocenters. The van der Waals surface area contributed by atoms with E-state index in [1.807, 2.05) is 35.2 Å². The normalized spacial score (nSPS) is 14.5. The van der Waals surface area contributed by atoms with Crippen LogP contribution >= 0.6 is 0 Å². The second-order valence-electron chi connectivity index (χ2n) is 7.21. The minimum Gasteiger partial charge on any atom is -0.454 e. The lowest BCUT2D eigenvalue weighted by Gasteiger charge is -2.30. The number of carbonyl (C=O) groups excluding carboxylic acids is 2. The summed E-state index contributed by atoms with van der Waals surface area (Å²) in [5.41, 5.74) is 3.49. The molecule has 0 saturated heterocycles. The number of hydrogen-bond acceptors (Lipinski definition) is 4. The predicted octanol–water partition coefficient (Wildman–Crippen LogP) is 2.74. The molecule has 6 heteroatoms. The van der Waals surface area contributed by atoms with E-state index in [0.29, 0.717) is 31.8 Å². The van der Waals surface area contributed by atoms with Crippen molar-refractivity contribution in [2.75, 3.05) is 19.9 Å². The summed E-state index contributed by atoms with van der Waals surface area (Å²) in [7, 11) is 0. The topological polar surface area (TPSA) is 59.1 Å². The molecule has 146 valence electrons. The maximum Gasteiger partial charge on any atom is 0.231 e. The summed E-state index contributed by atoms with van der Waals surface area (Å²) in [5, 5.41) is 0. The van der Waals surface area contributed by atoms with E-state index >= 15 is 0 Å². The van der Waals surface area contributed by atoms with Crippen LogP contribution in [0.3, 0.4) is 0 Å². The molecule has 4 rings (SSSR count). The first kappa shape index (κ1) is 18.3. The fraction of sp³-hybridized carbons (Fsp3) is 0.364. The van der Waals surface area contributed by atoms with Gasteiger partial charge in [0.25, 0.3) is 0 Å². The summed E-state index contributed by atoms with van der Waals surface area (Å²) in [6.45, 7) is 4.00. The molecule has 6 nitrogen and oxygen atoms in total. The molecule has 0 unspecified atom stereocenters. The van der Waals surface area contributed by atoms with Crippen molar-refractivity contribution >= 4 is 11.8 Å². The number of hydrogen-bond donors (Lipinski definition) is 0. The van der Waals surface area contributed by atoms with Crippen LogP contribution in [0.25, 0.3) is 0 Å². The second-order valence-corrected chi connectivity index (χ2v) is 7.21. The van der Waals surface area contributed by atoms with E-state index in [2.05, 4.69) is 12.1 Å². The molecule has 0 saturated carbocycles. The molecule has 0 spiro atoms. The van der Waals surface area contributed by atoms with E-state index in [-0.39, 0.29) is 18.6 Å². The lowest BCUT2D eigenvalue weighted by atomic mass is 10.00. The average Bonchev–Trinajstić information content (AvgIpc) is 3.18. The van der Waals surface area contributed by atoms with Crippen LogP contribution in [0, 0.1) is 0 Å². The van der Waals surface area contributed by atoms with E-state index in [1.165, 1.54) is 18.1 Å². The lowest BCUT2D eigenvalue weighted by molar-refractivity contribution is -0.134. The van der Waals surface area contributed by atoms with Crippen molar-refractivity contribution in [3.05, 3.63) is 59.2 Å². The molecule has 0 N–H and O–H groups in total. The highest BCUT2D eigenvalue weighted by Crippen LogP contribution is 2.32. The minimum absolute atomic E-state index is 0.0468. The number of ether oxygens (including phenoxy) is 2. The van der Waals surface area contributed by atoms with Gasteiger partial charge in [0.2, 0.25) is 18.6 Å². The van der Waals surface area contributed by atoms with Gasteiger partial charge in [0.05, 0.1) is 0 Å². The number of nitrogens with zero attached hydrogens (tertiary/aromatic N) is 2. The SMILES string of the molecule is CC(=O)N(CCC(=O)N1CCc2ccccc2C1)Cc1ccc2c(c1)OCO2. The Labute approximate surface area is 164 Å². The fourth-order valence-electron chi connectivity index (χ4n) is 3.70. The number of benzene rings is 2. The molecular weight excluding hydrogens is 356 g/mol. The number of fused-ring (bicyclic) bond motifs is 2. The van der Waals surface area contributed by atoms with Gasteiger partial charge < -0.3 is 19.3 Å². The van der Waals surface area contributed by atoms with Crippen molar-refractivity contribution in [1.82, 2.24) is 9.80 Å². The van der Waals surface area contributed by atoms with Gasteiger partial charge in [-0.15, -0.1) is 0 Å². The highest BCUT2D eigenvalue weighted by atomic mass is 16.7. The Morgan fingerprint density at radius 2 is 1.86 bits per heavy atom. The van der Waals surface area contributed by atoms with Crippen LogP contribution in [0.1, 0.15) is 30.0 Å². The number of carbonyl (C=O) groups is 2. The zero-order chi connectivity index (χ0) is 19.5. The van der Waals surface area contributed by atoms with Crippen molar-refractivity contribution in [2.24, 2.45) is 0 Å². The van der Waals surface area contributed by atoms with Crippen LogP contribution in [0.4, 0.5) is 0 Å². The first-order chi connectivity index (χ1) is 13.6. The third-order valence-corrected chi connectivity index (χ3v) is 5.33. The largest absolute Gasteiger partial charge is 0.454 e. The summed E-state index contributed by atoms with van der Waals surface area (Å²) in [5.74, 6) is 1.46. The molecule has 0 radical (unpaired) electrons. The zero-order valence-corrected chi connectivity index (χ0v) is 16.0. The first-order valence-electron chi connectivity index (χ1n) is 9.59. The molecule has 2 amide bonds. The average molecular weight is 380 g/mol. The lowest BCUT2D eigenvalue weighted by Crippen LogP contribution is -2.38. The molecule has 0 fully saturated rings. The Morgan fingerprint density at radius 3 is 2.68 bits per heavy atom. The van der Waals surface area contributed by atoms with E-state index < -0.39 is 0 Å². The summed E-state index contributed by atoms with van der Waals surface area (Å²) < 4.78 is 10.7. The summed E-state index contributed by atoms with van der Waals surface area (Å²) in [6, 6.07) is 13.9. The van der Waals surface area contributed by atoms with E-state index in [1.54, 1.807) is 4.90 Å². The summed E-state index contributed by atoms with van der Waals surface area (Å²) >= 11 is 0. The van der Waals surface area contributed by atoms with Crippen LogP contribution in [0.5, 0.6) is 11.5 Å². The molecule has 0 aromatic heterocycles. The molecule has 2 heterocycles. The van der Waals surface area contributed by atoms with Crippen LogP contribution in [0.15, 0.2) is 42.5 Å². The van der Waals surface area contributed by atoms with Gasteiger partial charge >= 0.3 is 0 Å². The van der Waals surface area contributed by atoms with Gasteiger partial charge in [0, 0.05) is 39.5 Å². The van der Waals surface area contributed by atoms with Crippen LogP contribution in [-0.2, 0) is 29.1 Å². The Kier molecular flexibility index (Phi) is 5.19. The van der Waals surface area contributed by atoms with E-state index in [0.717, 1.165) is 24.3 Å². The Hall–Kier alpha value is -3.02. The van der Waals surface area contributed by atoms with Crippen molar-refractivity contribution in [3.63, 3.8) is 0 Å². The maximum atomic E-state index is 12.7. The van der Waals surface area contributed by atoms with Gasteiger partial charge in [-0.1, -0.05) is 30.3 Å². The predicted molar refractivity (Wildman–Crippen MR) is 104 cm³/mol. The second kappa shape index (κ2) is 7.92. The highest BCUT2D eigenvalue weighted by Gasteiger charge is 2.22. The Balaban J connectivity index is 1.35. The quantitative estimate of drug-likeness (QED) is 0.800. The number of amides is 2. The summed E-state index contributed by atoms with van der Waals surface area (Å²) in [4.78, 5) is 28.4. The molecule has 2 aromatic rings. The van der Waals surface area contributed by atoms with Crippen molar-refractivity contribution in [3.8, 4) is 11.5 Å². The molecule has 28 heavy (non-hydrogen) atoms. The van der Waals surface area contributed by atoms with Gasteiger partial charge in [0.1, 0.15) is 0 Å². The van der Waals surface area contributed by atoms with Gasteiger partial charge in [-0.25, -0.2) is 0 Å². The first-order valence-corrected chi connectivity index (χ1v) is 9.59. The van der Waals surface area contributed by atoms with E-state index in [9.17, 15) is 9.59 Å². The van der Waals surface area contributed by atoms with Crippen LogP contribution in [0.2, 0.25) is 0 Å². The van der Waals surface area contributed by atoms with Gasteiger partial charge in [-0.2, -0.15) is 0 Å². The Bertz CT molecular complexity index is 896. The van der Waals surface area contributed by atoms with Gasteiger partial charge in [-0.3, -0.25) is 9.59 Å². The highest BCUT2D eigenvalue weighted by molar-refractivity contribution is 5.78. The monoisotopic (exact) mass is 380 g/mol. The Morgan fingerprint density at radius 1 is 1.07 bits per heavy atom.